The first kappa shape index (κ1) is 12.9. The molecular weight excluding hydrogens is 200 g/mol. The summed E-state index contributed by atoms with van der Waals surface area (Å²) in [6.45, 7) is 8.38. The Morgan fingerprint density at radius 2 is 1.12 bits per heavy atom. The van der Waals surface area contributed by atoms with Gasteiger partial charge in [-0.25, -0.2) is 0 Å². The predicted octanol–water partition coefficient (Wildman–Crippen LogP) is 3.49. The van der Waals surface area contributed by atoms with Gasteiger partial charge in [0, 0.05) is 0 Å². The molecule has 1 aromatic carbocycles. The summed E-state index contributed by atoms with van der Waals surface area (Å²) in [5, 5.41) is 19.8. The lowest BCUT2D eigenvalue weighted by Crippen LogP contribution is -1.98. The Balaban J connectivity index is 2.98. The van der Waals surface area contributed by atoms with Crippen LogP contribution in [-0.4, -0.2) is 10.2 Å². The molecule has 0 saturated carbocycles. The highest BCUT2D eigenvalue weighted by atomic mass is 16.3. The van der Waals surface area contributed by atoms with Crippen molar-refractivity contribution < 1.29 is 10.2 Å². The molecule has 0 aliphatic carbocycles. The van der Waals surface area contributed by atoms with E-state index in [2.05, 4.69) is 27.7 Å². The summed E-state index contributed by atoms with van der Waals surface area (Å²) in [7, 11) is 0. The number of hydrogen-bond donors (Lipinski definition) is 2. The van der Waals surface area contributed by atoms with Crippen molar-refractivity contribution in [3.8, 4) is 11.5 Å². The van der Waals surface area contributed by atoms with Crippen LogP contribution in [0.3, 0.4) is 0 Å². The van der Waals surface area contributed by atoms with E-state index in [1.165, 1.54) is 0 Å². The Labute approximate surface area is 97.9 Å². The number of phenols is 2. The maximum Gasteiger partial charge on any atom is 0.160 e. The van der Waals surface area contributed by atoms with Crippen LogP contribution in [0, 0.1) is 11.8 Å². The van der Waals surface area contributed by atoms with Crippen LogP contribution in [-0.2, 0) is 12.8 Å². The van der Waals surface area contributed by atoms with Crippen LogP contribution in [0.25, 0.3) is 0 Å². The maximum atomic E-state index is 9.89. The SMILES string of the molecule is CC(C)Cc1ccc(CC(C)C)c(O)c1O. The third-order valence-corrected chi connectivity index (χ3v) is 2.57. The summed E-state index contributed by atoms with van der Waals surface area (Å²) in [5.74, 6) is 1.07. The minimum absolute atomic E-state index is 0.0619. The van der Waals surface area contributed by atoms with Crippen LogP contribution in [0.4, 0.5) is 0 Å². The second-order valence-corrected chi connectivity index (χ2v) is 5.28. The van der Waals surface area contributed by atoms with Crippen molar-refractivity contribution >= 4 is 0 Å². The molecule has 0 saturated heterocycles. The molecule has 0 spiro atoms. The van der Waals surface area contributed by atoms with Gasteiger partial charge in [0.25, 0.3) is 0 Å². The molecule has 2 N–H and O–H groups in total. The van der Waals surface area contributed by atoms with Gasteiger partial charge >= 0.3 is 0 Å². The molecule has 0 aliphatic rings. The monoisotopic (exact) mass is 222 g/mol. The van der Waals surface area contributed by atoms with E-state index in [1.54, 1.807) is 0 Å². The zero-order chi connectivity index (χ0) is 12.3. The molecule has 0 unspecified atom stereocenters. The molecule has 0 atom stereocenters. The topological polar surface area (TPSA) is 40.5 Å². The highest BCUT2D eigenvalue weighted by Crippen LogP contribution is 2.35. The average Bonchev–Trinajstić information content (AvgIpc) is 2.16. The highest BCUT2D eigenvalue weighted by molar-refractivity contribution is 5.50. The van der Waals surface area contributed by atoms with Gasteiger partial charge < -0.3 is 10.2 Å². The van der Waals surface area contributed by atoms with Crippen LogP contribution in [0.1, 0.15) is 38.8 Å². The molecule has 16 heavy (non-hydrogen) atoms. The summed E-state index contributed by atoms with van der Waals surface area (Å²) in [6, 6.07) is 3.85. The van der Waals surface area contributed by atoms with Gasteiger partial charge in [-0.3, -0.25) is 0 Å². The van der Waals surface area contributed by atoms with Crippen molar-refractivity contribution in [2.75, 3.05) is 0 Å². The molecule has 0 heterocycles. The number of rotatable bonds is 4. The van der Waals surface area contributed by atoms with Crippen LogP contribution < -0.4 is 0 Å². The molecule has 1 aromatic rings. The Kier molecular flexibility index (Phi) is 4.22. The van der Waals surface area contributed by atoms with E-state index >= 15 is 0 Å². The van der Waals surface area contributed by atoms with Crippen molar-refractivity contribution in [3.05, 3.63) is 23.3 Å². The van der Waals surface area contributed by atoms with Gasteiger partial charge in [-0.05, 0) is 35.8 Å². The van der Waals surface area contributed by atoms with Crippen molar-refractivity contribution in [1.82, 2.24) is 0 Å². The quantitative estimate of drug-likeness (QED) is 0.765. The van der Waals surface area contributed by atoms with Crippen molar-refractivity contribution in [3.63, 3.8) is 0 Å². The van der Waals surface area contributed by atoms with Crippen LogP contribution in [0.15, 0.2) is 12.1 Å². The lowest BCUT2D eigenvalue weighted by molar-refractivity contribution is 0.390. The molecule has 0 aromatic heterocycles. The molecule has 0 fully saturated rings. The van der Waals surface area contributed by atoms with E-state index in [9.17, 15) is 10.2 Å². The Bertz CT molecular complexity index is 319. The maximum absolute atomic E-state index is 9.89. The van der Waals surface area contributed by atoms with E-state index in [-0.39, 0.29) is 11.5 Å². The van der Waals surface area contributed by atoms with E-state index in [4.69, 9.17) is 0 Å². The number of aromatic hydroxyl groups is 2. The Hall–Kier alpha value is -1.18. The van der Waals surface area contributed by atoms with E-state index < -0.39 is 0 Å². The van der Waals surface area contributed by atoms with Crippen LogP contribution in [0.5, 0.6) is 11.5 Å². The fourth-order valence-corrected chi connectivity index (χ4v) is 1.87. The van der Waals surface area contributed by atoms with Gasteiger partial charge in [-0.1, -0.05) is 39.8 Å². The second kappa shape index (κ2) is 5.24. The van der Waals surface area contributed by atoms with Crippen LogP contribution >= 0.6 is 0 Å². The molecule has 0 amide bonds. The molecule has 1 rings (SSSR count). The average molecular weight is 222 g/mol. The van der Waals surface area contributed by atoms with Gasteiger partial charge in [0.1, 0.15) is 0 Å². The van der Waals surface area contributed by atoms with Crippen molar-refractivity contribution in [2.24, 2.45) is 11.8 Å². The van der Waals surface area contributed by atoms with E-state index in [0.29, 0.717) is 11.8 Å². The normalized spacial score (nSPS) is 11.4. The molecule has 0 bridgehead atoms. The first-order chi connectivity index (χ1) is 7.41. The molecule has 0 aliphatic heterocycles. The summed E-state index contributed by atoms with van der Waals surface area (Å²) >= 11 is 0. The smallest absolute Gasteiger partial charge is 0.160 e. The lowest BCUT2D eigenvalue weighted by atomic mass is 9.96. The Morgan fingerprint density at radius 3 is 1.38 bits per heavy atom. The molecule has 90 valence electrons. The minimum atomic E-state index is 0.0619. The third-order valence-electron chi connectivity index (χ3n) is 2.57. The zero-order valence-electron chi connectivity index (χ0n) is 10.6. The summed E-state index contributed by atoms with van der Waals surface area (Å²) < 4.78 is 0. The first-order valence-corrected chi connectivity index (χ1v) is 5.94. The van der Waals surface area contributed by atoms with Crippen molar-refractivity contribution in [1.29, 1.82) is 0 Å². The molecule has 2 heteroatoms. The largest absolute Gasteiger partial charge is 0.504 e. The highest BCUT2D eigenvalue weighted by Gasteiger charge is 2.13. The number of hydrogen-bond acceptors (Lipinski definition) is 2. The molecule has 2 nitrogen and oxygen atoms in total. The van der Waals surface area contributed by atoms with E-state index in [1.807, 2.05) is 12.1 Å². The van der Waals surface area contributed by atoms with Gasteiger partial charge in [-0.15, -0.1) is 0 Å². The molecule has 0 radical (unpaired) electrons. The summed E-state index contributed by atoms with van der Waals surface area (Å²) in [6.07, 6.45) is 1.59. The molecular formula is C14H22O2. The second-order valence-electron chi connectivity index (χ2n) is 5.28. The standard InChI is InChI=1S/C14H22O2/c1-9(2)7-11-5-6-12(8-10(3)4)14(16)13(11)15/h5-6,9-10,15-16H,7-8H2,1-4H3. The van der Waals surface area contributed by atoms with Gasteiger partial charge in [-0.2, -0.15) is 0 Å². The number of benzene rings is 1. The predicted molar refractivity (Wildman–Crippen MR) is 66.9 cm³/mol. The zero-order valence-corrected chi connectivity index (χ0v) is 10.6. The van der Waals surface area contributed by atoms with Crippen molar-refractivity contribution in [2.45, 2.75) is 40.5 Å². The van der Waals surface area contributed by atoms with Gasteiger partial charge in [0.05, 0.1) is 0 Å². The van der Waals surface area contributed by atoms with Gasteiger partial charge in [0.15, 0.2) is 11.5 Å². The van der Waals surface area contributed by atoms with Gasteiger partial charge in [0.2, 0.25) is 0 Å². The summed E-state index contributed by atoms with van der Waals surface area (Å²) in [4.78, 5) is 0. The Morgan fingerprint density at radius 1 is 0.812 bits per heavy atom. The van der Waals surface area contributed by atoms with Crippen LogP contribution in [0.2, 0.25) is 0 Å². The van der Waals surface area contributed by atoms with E-state index in [0.717, 1.165) is 24.0 Å². The fraction of sp³-hybridized carbons (Fsp3) is 0.571. The fourth-order valence-electron chi connectivity index (χ4n) is 1.87. The lowest BCUT2D eigenvalue weighted by Gasteiger charge is -2.13. The third kappa shape index (κ3) is 3.16. The summed E-state index contributed by atoms with van der Waals surface area (Å²) in [5.41, 5.74) is 1.67. The number of phenolic OH excluding ortho intramolecular Hbond substituents is 2. The minimum Gasteiger partial charge on any atom is -0.504 e. The first-order valence-electron chi connectivity index (χ1n) is 5.94.